The van der Waals surface area contributed by atoms with E-state index >= 15 is 0 Å². The Balaban J connectivity index is 0.000000209. The van der Waals surface area contributed by atoms with Gasteiger partial charge in [-0.15, -0.1) is 18.5 Å². The first kappa shape index (κ1) is 42.6. The molecule has 5 heteroatoms. The van der Waals surface area contributed by atoms with Crippen molar-refractivity contribution in [3.05, 3.63) is 205 Å². The molecule has 266 valence electrons. The average molecular weight is 817 g/mol. The molecule has 2 nitrogen and oxygen atoms in total. The van der Waals surface area contributed by atoms with Gasteiger partial charge < -0.3 is 10.8 Å². The molecule has 0 aliphatic carbocycles. The second-order valence-corrected chi connectivity index (χ2v) is 12.7. The average Bonchev–Trinajstić information content (AvgIpc) is 3.21. The van der Waals surface area contributed by atoms with Crippen molar-refractivity contribution in [1.82, 2.24) is 0 Å². The van der Waals surface area contributed by atoms with E-state index in [0.29, 0.717) is 0 Å². The molecular formula is C48H44N2P2Pd. The Labute approximate surface area is 333 Å². The zero-order chi connectivity index (χ0) is 37.0. The van der Waals surface area contributed by atoms with E-state index in [4.69, 9.17) is 10.8 Å². The van der Waals surface area contributed by atoms with Crippen molar-refractivity contribution in [3.63, 3.8) is 0 Å². The molecule has 0 radical (unpaired) electrons. The first-order valence-corrected chi connectivity index (χ1v) is 18.3. The number of fused-ring (bicyclic) bond motifs is 2. The van der Waals surface area contributed by atoms with Gasteiger partial charge >= 0.3 is 20.4 Å². The molecule has 0 saturated heterocycles. The standard InChI is InChI=1S/C20H16P2.2C12H10.2C2H4N.Pd/c21-17-11-9-13-5-1-3-7-15(13)19(17)20-16-8-4-2-6-14(16)10-12-18(20)22;2*1-3-7-11(8-4-1)12-9-5-2-6-10-12;2*1-2-3;/h1-12H,21-22H2;2*1-10H;2*2H,1H3;/q;;;2*-1;+2. The summed E-state index contributed by atoms with van der Waals surface area (Å²) < 4.78 is 0. The zero-order valence-electron chi connectivity index (χ0n) is 30.0. The second-order valence-electron chi connectivity index (χ2n) is 11.5. The van der Waals surface area contributed by atoms with Gasteiger partial charge in [0.15, 0.2) is 0 Å². The minimum Gasteiger partial charge on any atom is -0.814 e. The van der Waals surface area contributed by atoms with Crippen LogP contribution in [0.5, 0.6) is 0 Å². The fourth-order valence-electron chi connectivity index (χ4n) is 5.66. The van der Waals surface area contributed by atoms with Crippen LogP contribution in [0.1, 0.15) is 13.8 Å². The predicted octanol–water partition coefficient (Wildman–Crippen LogP) is 12.7. The smallest absolute Gasteiger partial charge is 0.814 e. The second kappa shape index (κ2) is 23.7. The molecule has 0 fully saturated rings. The van der Waals surface area contributed by atoms with Crippen molar-refractivity contribution in [2.24, 2.45) is 0 Å². The molecular weight excluding hydrogens is 773 g/mol. The molecule has 0 N–H and O–H groups in total. The van der Waals surface area contributed by atoms with E-state index in [-0.39, 0.29) is 20.4 Å². The Bertz CT molecular complexity index is 2020. The Morgan fingerprint density at radius 1 is 0.340 bits per heavy atom. The van der Waals surface area contributed by atoms with Crippen LogP contribution in [0, 0.1) is 0 Å². The topological polar surface area (TPSA) is 44.6 Å². The van der Waals surface area contributed by atoms with Crippen LogP contribution in [-0.2, 0) is 20.4 Å². The molecule has 0 amide bonds. The predicted molar refractivity (Wildman–Crippen MR) is 240 cm³/mol. The first-order chi connectivity index (χ1) is 25.5. The molecule has 8 aromatic rings. The third kappa shape index (κ3) is 12.7. The van der Waals surface area contributed by atoms with Gasteiger partial charge in [0.25, 0.3) is 0 Å². The Morgan fingerprint density at radius 2 is 0.566 bits per heavy atom. The van der Waals surface area contributed by atoms with Crippen molar-refractivity contribution in [2.75, 3.05) is 0 Å². The van der Waals surface area contributed by atoms with Crippen LogP contribution < -0.4 is 10.6 Å². The molecule has 0 saturated carbocycles. The van der Waals surface area contributed by atoms with Crippen molar-refractivity contribution in [2.45, 2.75) is 13.8 Å². The maximum Gasteiger partial charge on any atom is 2.00 e. The SMILES string of the molecule is CC=[N-].CC=[N-].Pc1ccc2ccccc2c1-c1c(P)ccc2ccccc12.[Pd+2].c1ccc(-c2ccccc2)cc1.c1ccc(-c2ccccc2)cc1. The van der Waals surface area contributed by atoms with E-state index in [1.807, 2.05) is 24.3 Å². The van der Waals surface area contributed by atoms with Gasteiger partial charge in [0.2, 0.25) is 0 Å². The van der Waals surface area contributed by atoms with Crippen LogP contribution in [0.2, 0.25) is 0 Å². The summed E-state index contributed by atoms with van der Waals surface area (Å²) >= 11 is 0. The van der Waals surface area contributed by atoms with Crippen molar-refractivity contribution in [1.29, 1.82) is 0 Å². The number of hydrogen-bond donors (Lipinski definition) is 0. The molecule has 0 aromatic heterocycles. The molecule has 8 rings (SSSR count). The summed E-state index contributed by atoms with van der Waals surface area (Å²) in [6, 6.07) is 67.5. The van der Waals surface area contributed by atoms with Crippen LogP contribution >= 0.6 is 18.5 Å². The normalized spacial score (nSPS) is 9.51. The third-order valence-electron chi connectivity index (χ3n) is 7.93. The maximum absolute atomic E-state index is 7.44. The van der Waals surface area contributed by atoms with Crippen molar-refractivity contribution < 1.29 is 20.4 Å². The van der Waals surface area contributed by atoms with Crippen molar-refractivity contribution in [3.8, 4) is 33.4 Å². The molecule has 0 spiro atoms. The molecule has 0 aliphatic heterocycles. The molecule has 2 unspecified atom stereocenters. The van der Waals surface area contributed by atoms with E-state index in [9.17, 15) is 0 Å². The van der Waals surface area contributed by atoms with Gasteiger partial charge in [-0.3, -0.25) is 0 Å². The molecule has 0 bridgehead atoms. The summed E-state index contributed by atoms with van der Waals surface area (Å²) in [5.41, 5.74) is 7.72. The number of benzene rings is 8. The Hall–Kier alpha value is -4.86. The zero-order valence-corrected chi connectivity index (χ0v) is 33.9. The minimum absolute atomic E-state index is 0. The fourth-order valence-corrected chi connectivity index (χ4v) is 6.45. The van der Waals surface area contributed by atoms with Gasteiger partial charge in [0.1, 0.15) is 0 Å². The van der Waals surface area contributed by atoms with Crippen LogP contribution in [0.15, 0.2) is 194 Å². The molecule has 8 aromatic carbocycles. The van der Waals surface area contributed by atoms with Crippen LogP contribution in [0.4, 0.5) is 0 Å². The van der Waals surface area contributed by atoms with E-state index in [2.05, 4.69) is 188 Å². The number of nitrogens with zero attached hydrogens (tertiary/aromatic N) is 2. The van der Waals surface area contributed by atoms with E-state index in [0.717, 1.165) is 12.4 Å². The Morgan fingerprint density at radius 3 is 0.830 bits per heavy atom. The summed E-state index contributed by atoms with van der Waals surface area (Å²) in [6.45, 7) is 3.11. The molecule has 53 heavy (non-hydrogen) atoms. The first-order valence-electron chi connectivity index (χ1n) is 17.1. The summed E-state index contributed by atoms with van der Waals surface area (Å²) in [5, 5.41) is 22.5. The van der Waals surface area contributed by atoms with E-state index in [1.54, 1.807) is 13.8 Å². The molecule has 0 heterocycles. The van der Waals surface area contributed by atoms with Gasteiger partial charge in [-0.2, -0.15) is 0 Å². The summed E-state index contributed by atoms with van der Waals surface area (Å²) in [5.74, 6) is 0. The molecule has 2 atom stereocenters. The third-order valence-corrected chi connectivity index (χ3v) is 8.90. The van der Waals surface area contributed by atoms with Crippen LogP contribution in [-0.4, -0.2) is 12.4 Å². The van der Waals surface area contributed by atoms with E-state index in [1.165, 1.54) is 65.5 Å². The van der Waals surface area contributed by atoms with E-state index < -0.39 is 0 Å². The largest absolute Gasteiger partial charge is 2.00 e. The van der Waals surface area contributed by atoms with Crippen molar-refractivity contribution >= 4 is 63.1 Å². The van der Waals surface area contributed by atoms with Gasteiger partial charge in [-0.05, 0) is 65.5 Å². The maximum atomic E-state index is 7.44. The monoisotopic (exact) mass is 816 g/mol. The van der Waals surface area contributed by atoms with Gasteiger partial charge in [0, 0.05) is 0 Å². The quantitative estimate of drug-likeness (QED) is 0.0969. The summed E-state index contributed by atoms with van der Waals surface area (Å²) in [6.07, 6.45) is 2.00. The minimum atomic E-state index is 0. The van der Waals surface area contributed by atoms with Crippen LogP contribution in [0.25, 0.3) is 65.7 Å². The summed E-state index contributed by atoms with van der Waals surface area (Å²) in [7, 11) is 5.79. The Kier molecular flexibility index (Phi) is 19.0. The van der Waals surface area contributed by atoms with Gasteiger partial charge in [0.05, 0.1) is 0 Å². The van der Waals surface area contributed by atoms with Gasteiger partial charge in [-0.25, -0.2) is 12.4 Å². The number of hydrogen-bond acceptors (Lipinski definition) is 0. The van der Waals surface area contributed by atoms with Gasteiger partial charge in [-0.1, -0.05) is 208 Å². The molecule has 0 aliphatic rings. The number of rotatable bonds is 3. The fraction of sp³-hybridized carbons (Fsp3) is 0.0417. The van der Waals surface area contributed by atoms with Crippen LogP contribution in [0.3, 0.4) is 0 Å². The summed E-state index contributed by atoms with van der Waals surface area (Å²) in [4.78, 5) is 0.